The number of benzene rings is 11. The Morgan fingerprint density at radius 3 is 1.72 bits per heavy atom. The quantitative estimate of drug-likeness (QED) is 0.155. The van der Waals surface area contributed by atoms with Crippen LogP contribution >= 0.6 is 0 Å². The summed E-state index contributed by atoms with van der Waals surface area (Å²) in [5, 5.41) is 9.59. The predicted octanol–water partition coefficient (Wildman–Crippen LogP) is 17.8. The minimum Gasteiger partial charge on any atom is -0.453 e. The van der Waals surface area contributed by atoms with Crippen molar-refractivity contribution in [2.24, 2.45) is 0 Å². The zero-order valence-corrected chi connectivity index (χ0v) is 36.2. The molecule has 0 atom stereocenters. The summed E-state index contributed by atoms with van der Waals surface area (Å²) in [4.78, 5) is 2.39. The van der Waals surface area contributed by atoms with Gasteiger partial charge in [0.2, 0.25) is 0 Å². The largest absolute Gasteiger partial charge is 0.453 e. The van der Waals surface area contributed by atoms with E-state index in [1.54, 1.807) is 0 Å². The van der Waals surface area contributed by atoms with Crippen molar-refractivity contribution in [3.8, 4) is 44.5 Å². The highest BCUT2D eigenvalue weighted by molar-refractivity contribution is 6.20. The van der Waals surface area contributed by atoms with Crippen molar-refractivity contribution in [3.63, 3.8) is 0 Å². The van der Waals surface area contributed by atoms with Crippen molar-refractivity contribution in [3.05, 3.63) is 236 Å². The van der Waals surface area contributed by atoms with Crippen LogP contribution in [-0.2, 0) is 5.41 Å². The van der Waals surface area contributed by atoms with E-state index in [0.717, 1.165) is 50.1 Å². The van der Waals surface area contributed by atoms with E-state index >= 15 is 0 Å². The molecule has 2 nitrogen and oxygen atoms in total. The summed E-state index contributed by atoms with van der Waals surface area (Å²) in [6, 6.07) is 82.0. The van der Waals surface area contributed by atoms with Crippen molar-refractivity contribution in [1.29, 1.82) is 0 Å². The molecule has 0 bridgehead atoms. The molecule has 0 aliphatic heterocycles. The first-order valence-corrected chi connectivity index (χ1v) is 22.6. The van der Waals surface area contributed by atoms with Gasteiger partial charge in [0.25, 0.3) is 0 Å². The van der Waals surface area contributed by atoms with Gasteiger partial charge in [0.1, 0.15) is 5.58 Å². The van der Waals surface area contributed by atoms with Crippen LogP contribution in [0, 0.1) is 0 Å². The van der Waals surface area contributed by atoms with Crippen molar-refractivity contribution in [2.75, 3.05) is 4.90 Å². The zero-order valence-electron chi connectivity index (χ0n) is 36.2. The molecule has 1 aliphatic carbocycles. The maximum Gasteiger partial charge on any atom is 0.159 e. The highest BCUT2D eigenvalue weighted by atomic mass is 16.3. The minimum absolute atomic E-state index is 0.151. The maximum absolute atomic E-state index is 7.36. The van der Waals surface area contributed by atoms with E-state index in [4.69, 9.17) is 4.42 Å². The van der Waals surface area contributed by atoms with Crippen LogP contribution in [-0.4, -0.2) is 0 Å². The Morgan fingerprint density at radius 2 is 0.923 bits per heavy atom. The highest BCUT2D eigenvalue weighted by Gasteiger charge is 2.36. The lowest BCUT2D eigenvalue weighted by Gasteiger charge is -2.28. The Bertz CT molecular complexity index is 3840. The Labute approximate surface area is 378 Å². The molecule has 0 fully saturated rings. The second-order valence-electron chi connectivity index (χ2n) is 18.0. The molecule has 1 heterocycles. The van der Waals surface area contributed by atoms with Gasteiger partial charge in [-0.05, 0) is 125 Å². The van der Waals surface area contributed by atoms with Gasteiger partial charge in [0.15, 0.2) is 5.58 Å². The number of furan rings is 1. The third-order valence-electron chi connectivity index (χ3n) is 14.0. The van der Waals surface area contributed by atoms with E-state index in [-0.39, 0.29) is 5.41 Å². The van der Waals surface area contributed by atoms with Crippen LogP contribution in [0.5, 0.6) is 0 Å². The number of hydrogen-bond acceptors (Lipinski definition) is 2. The van der Waals surface area contributed by atoms with E-state index in [1.165, 1.54) is 76.8 Å². The summed E-state index contributed by atoms with van der Waals surface area (Å²) in [6.45, 7) is 4.70. The molecule has 0 amide bonds. The molecule has 2 heteroatoms. The standard InChI is InChI=1S/C63H43NO/c1-63(2)57-25-13-12-23-52(57)53-36-35-47(39-58(53)63)64(46-33-31-41(32-34-46)40-15-4-3-5-16-40)59-26-14-24-54-56-38-45-18-7-9-20-49(45)60(62(56)65-61(54)59)43-29-27-42(28-30-43)55-37-44-17-6-8-19-48(44)50-21-10-11-22-51(50)55/h3-39H,1-2H3. The van der Waals surface area contributed by atoms with Gasteiger partial charge in [0, 0.05) is 33.1 Å². The Balaban J connectivity index is 1.00. The zero-order chi connectivity index (χ0) is 43.2. The average molecular weight is 830 g/mol. The topological polar surface area (TPSA) is 16.4 Å². The number of hydrogen-bond donors (Lipinski definition) is 0. The van der Waals surface area contributed by atoms with E-state index < -0.39 is 0 Å². The van der Waals surface area contributed by atoms with Gasteiger partial charge in [-0.2, -0.15) is 0 Å². The van der Waals surface area contributed by atoms with Gasteiger partial charge in [-0.3, -0.25) is 0 Å². The third kappa shape index (κ3) is 5.81. The lowest BCUT2D eigenvalue weighted by molar-refractivity contribution is 0.660. The highest BCUT2D eigenvalue weighted by Crippen LogP contribution is 2.52. The number of para-hydroxylation sites is 1. The van der Waals surface area contributed by atoms with Crippen molar-refractivity contribution >= 4 is 71.3 Å². The first-order valence-electron chi connectivity index (χ1n) is 22.6. The first kappa shape index (κ1) is 37.4. The van der Waals surface area contributed by atoms with E-state index in [0.29, 0.717) is 0 Å². The molecule has 0 saturated carbocycles. The Kier molecular flexibility index (Phi) is 8.29. The fraction of sp³-hybridized carbons (Fsp3) is 0.0476. The second-order valence-corrected chi connectivity index (χ2v) is 18.0. The van der Waals surface area contributed by atoms with Gasteiger partial charge in [-0.15, -0.1) is 0 Å². The normalized spacial score (nSPS) is 12.9. The second kappa shape index (κ2) is 14.4. The monoisotopic (exact) mass is 829 g/mol. The summed E-state index contributed by atoms with van der Waals surface area (Å²) >= 11 is 0. The fourth-order valence-corrected chi connectivity index (χ4v) is 10.8. The SMILES string of the molecule is CC1(C)c2ccccc2-c2ccc(N(c3ccc(-c4ccccc4)cc3)c3cccc4c3oc3c(-c5ccc(-c6cc7ccccc7c7ccccc67)cc5)c5ccccc5cc34)cc21. The number of nitrogens with zero attached hydrogens (tertiary/aromatic N) is 1. The third-order valence-corrected chi connectivity index (χ3v) is 14.0. The van der Waals surface area contributed by atoms with Gasteiger partial charge in [-0.1, -0.05) is 196 Å². The molecule has 1 aromatic heterocycles. The van der Waals surface area contributed by atoms with Crippen molar-refractivity contribution in [2.45, 2.75) is 19.3 Å². The number of fused-ring (bicyclic) bond motifs is 10. The minimum atomic E-state index is -0.151. The molecule has 65 heavy (non-hydrogen) atoms. The lowest BCUT2D eigenvalue weighted by Crippen LogP contribution is -2.16. The average Bonchev–Trinajstić information content (AvgIpc) is 3.85. The molecule has 1 aliphatic rings. The van der Waals surface area contributed by atoms with E-state index in [2.05, 4.69) is 243 Å². The van der Waals surface area contributed by atoms with E-state index in [9.17, 15) is 0 Å². The number of anilines is 3. The summed E-state index contributed by atoms with van der Waals surface area (Å²) in [6.07, 6.45) is 0. The van der Waals surface area contributed by atoms with Gasteiger partial charge in [0.05, 0.1) is 5.69 Å². The molecule has 13 rings (SSSR count). The van der Waals surface area contributed by atoms with Gasteiger partial charge >= 0.3 is 0 Å². The van der Waals surface area contributed by atoms with Crippen LogP contribution in [0.1, 0.15) is 25.0 Å². The molecule has 12 aromatic rings. The molecule has 0 unspecified atom stereocenters. The van der Waals surface area contributed by atoms with Crippen LogP contribution in [0.15, 0.2) is 229 Å². The van der Waals surface area contributed by atoms with Crippen LogP contribution in [0.25, 0.3) is 98.8 Å². The summed E-state index contributed by atoms with van der Waals surface area (Å²) in [5.74, 6) is 0. The molecule has 0 N–H and O–H groups in total. The smallest absolute Gasteiger partial charge is 0.159 e. The van der Waals surface area contributed by atoms with Gasteiger partial charge < -0.3 is 9.32 Å². The van der Waals surface area contributed by atoms with E-state index in [1.807, 2.05) is 0 Å². The maximum atomic E-state index is 7.36. The summed E-state index contributed by atoms with van der Waals surface area (Å²) in [5.41, 5.74) is 17.1. The molecule has 0 spiro atoms. The molecule has 0 saturated heterocycles. The van der Waals surface area contributed by atoms with Crippen LogP contribution < -0.4 is 4.90 Å². The molecular formula is C63H43NO. The van der Waals surface area contributed by atoms with Crippen LogP contribution in [0.4, 0.5) is 17.1 Å². The predicted molar refractivity (Wildman–Crippen MR) is 275 cm³/mol. The number of rotatable bonds is 6. The van der Waals surface area contributed by atoms with Crippen molar-refractivity contribution < 1.29 is 4.42 Å². The first-order chi connectivity index (χ1) is 32.0. The van der Waals surface area contributed by atoms with Crippen molar-refractivity contribution in [1.82, 2.24) is 0 Å². The Morgan fingerprint density at radius 1 is 0.338 bits per heavy atom. The Hall–Kier alpha value is -8.20. The van der Waals surface area contributed by atoms with Crippen LogP contribution in [0.3, 0.4) is 0 Å². The molecule has 11 aromatic carbocycles. The fourth-order valence-electron chi connectivity index (χ4n) is 10.8. The summed E-state index contributed by atoms with van der Waals surface area (Å²) < 4.78 is 7.36. The molecule has 306 valence electrons. The summed E-state index contributed by atoms with van der Waals surface area (Å²) in [7, 11) is 0. The molecule has 0 radical (unpaired) electrons. The van der Waals surface area contributed by atoms with Crippen LogP contribution in [0.2, 0.25) is 0 Å². The molecular weight excluding hydrogens is 787 g/mol. The van der Waals surface area contributed by atoms with Gasteiger partial charge in [-0.25, -0.2) is 0 Å². The lowest BCUT2D eigenvalue weighted by atomic mass is 9.82.